The van der Waals surface area contributed by atoms with Gasteiger partial charge in [-0.2, -0.15) is 0 Å². The summed E-state index contributed by atoms with van der Waals surface area (Å²) in [6.07, 6.45) is 3.11. The SMILES string of the molecule is CN(C(=O)C1CCCCC1C(=O)O)c1ccccc1. The second-order valence-electron chi connectivity index (χ2n) is 5.07. The van der Waals surface area contributed by atoms with E-state index in [2.05, 4.69) is 0 Å². The number of benzene rings is 1. The minimum Gasteiger partial charge on any atom is -0.481 e. The van der Waals surface area contributed by atoms with E-state index in [-0.39, 0.29) is 5.91 Å². The molecule has 0 aromatic heterocycles. The monoisotopic (exact) mass is 261 g/mol. The van der Waals surface area contributed by atoms with Crippen LogP contribution in [0.2, 0.25) is 0 Å². The molecule has 0 bridgehead atoms. The Hall–Kier alpha value is -1.84. The molecule has 19 heavy (non-hydrogen) atoms. The Bertz CT molecular complexity index is 458. The summed E-state index contributed by atoms with van der Waals surface area (Å²) in [4.78, 5) is 25.3. The van der Waals surface area contributed by atoms with Crippen molar-refractivity contribution in [2.75, 3.05) is 11.9 Å². The first-order valence-corrected chi connectivity index (χ1v) is 6.66. The number of carbonyl (C=O) groups is 2. The normalized spacial score (nSPS) is 22.8. The summed E-state index contributed by atoms with van der Waals surface area (Å²) in [5.41, 5.74) is 0.808. The summed E-state index contributed by atoms with van der Waals surface area (Å²) in [7, 11) is 1.71. The second-order valence-corrected chi connectivity index (χ2v) is 5.07. The predicted molar refractivity (Wildman–Crippen MR) is 72.9 cm³/mol. The highest BCUT2D eigenvalue weighted by molar-refractivity contribution is 5.96. The molecule has 0 spiro atoms. The summed E-state index contributed by atoms with van der Waals surface area (Å²) in [6.45, 7) is 0. The van der Waals surface area contributed by atoms with Crippen LogP contribution in [0.15, 0.2) is 30.3 Å². The standard InChI is InChI=1S/C15H19NO3/c1-16(11-7-3-2-4-8-11)14(17)12-9-5-6-10-13(12)15(18)19/h2-4,7-8,12-13H,5-6,9-10H2,1H3,(H,18,19). The average Bonchev–Trinajstić information content (AvgIpc) is 2.46. The van der Waals surface area contributed by atoms with Gasteiger partial charge in [-0.3, -0.25) is 9.59 Å². The average molecular weight is 261 g/mol. The Kier molecular flexibility index (Phi) is 4.20. The number of amides is 1. The van der Waals surface area contributed by atoms with E-state index in [1.54, 1.807) is 11.9 Å². The van der Waals surface area contributed by atoms with E-state index in [0.717, 1.165) is 18.5 Å². The van der Waals surface area contributed by atoms with E-state index in [1.807, 2.05) is 30.3 Å². The summed E-state index contributed by atoms with van der Waals surface area (Å²) >= 11 is 0. The van der Waals surface area contributed by atoms with Crippen LogP contribution in [0, 0.1) is 11.8 Å². The maximum Gasteiger partial charge on any atom is 0.307 e. The first kappa shape index (κ1) is 13.6. The lowest BCUT2D eigenvalue weighted by Gasteiger charge is -2.31. The summed E-state index contributed by atoms with van der Waals surface area (Å²) in [5.74, 6) is -1.86. The van der Waals surface area contributed by atoms with Gasteiger partial charge in [-0.05, 0) is 25.0 Å². The Morgan fingerprint density at radius 3 is 2.26 bits per heavy atom. The molecule has 2 unspecified atom stereocenters. The van der Waals surface area contributed by atoms with Crippen LogP contribution < -0.4 is 4.90 Å². The first-order valence-electron chi connectivity index (χ1n) is 6.66. The van der Waals surface area contributed by atoms with E-state index < -0.39 is 17.8 Å². The molecule has 4 nitrogen and oxygen atoms in total. The zero-order valence-electron chi connectivity index (χ0n) is 11.1. The van der Waals surface area contributed by atoms with Crippen molar-refractivity contribution in [1.29, 1.82) is 0 Å². The smallest absolute Gasteiger partial charge is 0.307 e. The number of para-hydroxylation sites is 1. The molecule has 2 rings (SSSR count). The Morgan fingerprint density at radius 2 is 1.68 bits per heavy atom. The molecule has 0 radical (unpaired) electrons. The number of rotatable bonds is 3. The number of hydrogen-bond donors (Lipinski definition) is 1. The van der Waals surface area contributed by atoms with Crippen LogP contribution in [0.1, 0.15) is 25.7 Å². The van der Waals surface area contributed by atoms with Gasteiger partial charge in [0.15, 0.2) is 0 Å². The number of carboxylic acids is 1. The van der Waals surface area contributed by atoms with Crippen LogP contribution >= 0.6 is 0 Å². The van der Waals surface area contributed by atoms with Crippen molar-refractivity contribution in [2.45, 2.75) is 25.7 Å². The molecule has 1 aromatic carbocycles. The van der Waals surface area contributed by atoms with Gasteiger partial charge in [0.2, 0.25) is 5.91 Å². The molecule has 1 aromatic rings. The van der Waals surface area contributed by atoms with Crippen molar-refractivity contribution in [3.05, 3.63) is 30.3 Å². The Balaban J connectivity index is 2.15. The van der Waals surface area contributed by atoms with Gasteiger partial charge in [0.25, 0.3) is 0 Å². The van der Waals surface area contributed by atoms with E-state index >= 15 is 0 Å². The van der Waals surface area contributed by atoms with E-state index in [0.29, 0.717) is 12.8 Å². The third-order valence-electron chi connectivity index (χ3n) is 3.87. The van der Waals surface area contributed by atoms with Crippen molar-refractivity contribution in [1.82, 2.24) is 0 Å². The van der Waals surface area contributed by atoms with Crippen molar-refractivity contribution in [3.63, 3.8) is 0 Å². The van der Waals surface area contributed by atoms with Crippen molar-refractivity contribution < 1.29 is 14.7 Å². The molecule has 0 aliphatic heterocycles. The molecule has 0 saturated heterocycles. The minimum absolute atomic E-state index is 0.0849. The molecular formula is C15H19NO3. The topological polar surface area (TPSA) is 57.6 Å². The fraction of sp³-hybridized carbons (Fsp3) is 0.467. The number of aliphatic carboxylic acids is 1. The van der Waals surface area contributed by atoms with Crippen LogP contribution in [0.25, 0.3) is 0 Å². The Morgan fingerprint density at radius 1 is 1.11 bits per heavy atom. The maximum absolute atomic E-state index is 12.5. The van der Waals surface area contributed by atoms with Gasteiger partial charge < -0.3 is 10.0 Å². The van der Waals surface area contributed by atoms with E-state index in [1.165, 1.54) is 0 Å². The highest BCUT2D eigenvalue weighted by Gasteiger charge is 2.37. The van der Waals surface area contributed by atoms with Crippen molar-refractivity contribution in [3.8, 4) is 0 Å². The number of nitrogens with zero attached hydrogens (tertiary/aromatic N) is 1. The lowest BCUT2D eigenvalue weighted by Crippen LogP contribution is -2.40. The lowest BCUT2D eigenvalue weighted by atomic mass is 9.78. The minimum atomic E-state index is -0.848. The van der Waals surface area contributed by atoms with Crippen molar-refractivity contribution in [2.24, 2.45) is 11.8 Å². The van der Waals surface area contributed by atoms with Crippen LogP contribution in [0.5, 0.6) is 0 Å². The van der Waals surface area contributed by atoms with Crippen molar-refractivity contribution >= 4 is 17.6 Å². The molecule has 0 heterocycles. The number of anilines is 1. The molecule has 1 N–H and O–H groups in total. The fourth-order valence-corrected chi connectivity index (χ4v) is 2.75. The largest absolute Gasteiger partial charge is 0.481 e. The molecule has 4 heteroatoms. The number of carbonyl (C=O) groups excluding carboxylic acids is 1. The molecule has 1 amide bonds. The first-order chi connectivity index (χ1) is 9.11. The van der Waals surface area contributed by atoms with Gasteiger partial charge in [0.1, 0.15) is 0 Å². The van der Waals surface area contributed by atoms with Crippen LogP contribution in [-0.2, 0) is 9.59 Å². The molecule has 102 valence electrons. The summed E-state index contributed by atoms with van der Waals surface area (Å²) < 4.78 is 0. The van der Waals surface area contributed by atoms with E-state index in [9.17, 15) is 14.7 Å². The fourth-order valence-electron chi connectivity index (χ4n) is 2.75. The second kappa shape index (κ2) is 5.87. The van der Waals surface area contributed by atoms with Gasteiger partial charge in [-0.15, -0.1) is 0 Å². The van der Waals surface area contributed by atoms with Crippen LogP contribution in [-0.4, -0.2) is 24.0 Å². The van der Waals surface area contributed by atoms with Gasteiger partial charge in [0.05, 0.1) is 11.8 Å². The zero-order valence-corrected chi connectivity index (χ0v) is 11.1. The quantitative estimate of drug-likeness (QED) is 0.909. The maximum atomic E-state index is 12.5. The van der Waals surface area contributed by atoms with E-state index in [4.69, 9.17) is 0 Å². The molecule has 1 saturated carbocycles. The number of carboxylic acid groups (broad SMARTS) is 1. The third-order valence-corrected chi connectivity index (χ3v) is 3.87. The molecular weight excluding hydrogens is 242 g/mol. The van der Waals surface area contributed by atoms with Gasteiger partial charge in [0, 0.05) is 12.7 Å². The summed E-state index contributed by atoms with van der Waals surface area (Å²) in [5, 5.41) is 9.24. The molecule has 1 aliphatic carbocycles. The third kappa shape index (κ3) is 2.95. The highest BCUT2D eigenvalue weighted by atomic mass is 16.4. The number of hydrogen-bond acceptors (Lipinski definition) is 2. The van der Waals surface area contributed by atoms with Crippen LogP contribution in [0.3, 0.4) is 0 Å². The lowest BCUT2D eigenvalue weighted by molar-refractivity contribution is -0.148. The highest BCUT2D eigenvalue weighted by Crippen LogP contribution is 2.32. The predicted octanol–water partition coefficient (Wildman–Crippen LogP) is 2.54. The molecule has 1 aliphatic rings. The molecule has 1 fully saturated rings. The van der Waals surface area contributed by atoms with Gasteiger partial charge in [-0.25, -0.2) is 0 Å². The van der Waals surface area contributed by atoms with Gasteiger partial charge in [-0.1, -0.05) is 31.0 Å². The molecule has 2 atom stereocenters. The Labute approximate surface area is 113 Å². The zero-order chi connectivity index (χ0) is 13.8. The van der Waals surface area contributed by atoms with Gasteiger partial charge >= 0.3 is 5.97 Å². The summed E-state index contributed by atoms with van der Waals surface area (Å²) in [6, 6.07) is 9.35. The van der Waals surface area contributed by atoms with Crippen LogP contribution in [0.4, 0.5) is 5.69 Å².